The van der Waals surface area contributed by atoms with E-state index >= 15 is 0 Å². The van der Waals surface area contributed by atoms with E-state index in [4.69, 9.17) is 0 Å². The first-order chi connectivity index (χ1) is 15.3. The van der Waals surface area contributed by atoms with E-state index in [1.807, 2.05) is 0 Å². The minimum Gasteiger partial charge on any atom is -0.332 e. The molecule has 3 rings (SSSR count). The van der Waals surface area contributed by atoms with E-state index in [1.165, 1.54) is 48.0 Å². The lowest BCUT2D eigenvalue weighted by Crippen LogP contribution is -2.34. The highest BCUT2D eigenvalue weighted by atomic mass is 32.2. The summed E-state index contributed by atoms with van der Waals surface area (Å²) in [6.07, 6.45) is 1.55. The lowest BCUT2D eigenvalue weighted by atomic mass is 10.2. The SMILES string of the molecule is CN(CC(=O)Nc1ccc(F)cc1)C(=O)c1ccc(NC(=O)CSc2nncn2C)cc1. The number of likely N-dealkylation sites (N-methyl/N-ethyl adjacent to an activating group) is 1. The number of aromatic nitrogens is 3. The first-order valence-corrected chi connectivity index (χ1v) is 10.5. The molecule has 2 aromatic carbocycles. The van der Waals surface area contributed by atoms with Gasteiger partial charge in [-0.1, -0.05) is 11.8 Å². The monoisotopic (exact) mass is 456 g/mol. The predicted molar refractivity (Wildman–Crippen MR) is 119 cm³/mol. The van der Waals surface area contributed by atoms with Gasteiger partial charge in [-0.25, -0.2) is 4.39 Å². The number of nitrogens with zero attached hydrogens (tertiary/aromatic N) is 4. The molecule has 0 unspecified atom stereocenters. The van der Waals surface area contributed by atoms with Crippen LogP contribution in [0.2, 0.25) is 0 Å². The molecule has 0 aliphatic rings. The second-order valence-corrected chi connectivity index (χ2v) is 7.80. The highest BCUT2D eigenvalue weighted by Crippen LogP contribution is 2.16. The molecule has 3 aromatic rings. The number of aryl methyl sites for hydroxylation is 1. The maximum Gasteiger partial charge on any atom is 0.254 e. The zero-order valence-electron chi connectivity index (χ0n) is 17.4. The normalized spacial score (nSPS) is 10.5. The van der Waals surface area contributed by atoms with E-state index in [2.05, 4.69) is 20.8 Å². The van der Waals surface area contributed by atoms with Crippen LogP contribution in [0.25, 0.3) is 0 Å². The number of hydrogen-bond donors (Lipinski definition) is 2. The number of amides is 3. The van der Waals surface area contributed by atoms with Crippen LogP contribution in [-0.4, -0.2) is 56.7 Å². The third kappa shape index (κ3) is 6.38. The van der Waals surface area contributed by atoms with Gasteiger partial charge in [0.05, 0.1) is 12.3 Å². The van der Waals surface area contributed by atoms with Crippen molar-refractivity contribution in [2.24, 2.45) is 7.05 Å². The number of nitrogens with one attached hydrogen (secondary N) is 2. The van der Waals surface area contributed by atoms with Crippen molar-refractivity contribution in [3.63, 3.8) is 0 Å². The molecule has 0 saturated carbocycles. The van der Waals surface area contributed by atoms with Crippen LogP contribution in [-0.2, 0) is 16.6 Å². The number of rotatable bonds is 8. The van der Waals surface area contributed by atoms with Crippen LogP contribution in [0.5, 0.6) is 0 Å². The molecular formula is C21H21FN6O3S. The fourth-order valence-electron chi connectivity index (χ4n) is 2.67. The van der Waals surface area contributed by atoms with Gasteiger partial charge < -0.3 is 20.1 Å². The molecular weight excluding hydrogens is 435 g/mol. The summed E-state index contributed by atoms with van der Waals surface area (Å²) in [5.74, 6) is -1.21. The Bertz CT molecular complexity index is 1100. The van der Waals surface area contributed by atoms with Crippen molar-refractivity contribution in [3.8, 4) is 0 Å². The smallest absolute Gasteiger partial charge is 0.254 e. The number of hydrogen-bond acceptors (Lipinski definition) is 6. The first kappa shape index (κ1) is 22.9. The van der Waals surface area contributed by atoms with Gasteiger partial charge in [-0.15, -0.1) is 10.2 Å². The molecule has 166 valence electrons. The van der Waals surface area contributed by atoms with Crippen LogP contribution in [0.15, 0.2) is 60.0 Å². The molecule has 0 aliphatic heterocycles. The molecule has 1 aromatic heterocycles. The van der Waals surface area contributed by atoms with Crippen molar-refractivity contribution < 1.29 is 18.8 Å². The lowest BCUT2D eigenvalue weighted by molar-refractivity contribution is -0.116. The molecule has 0 bridgehead atoms. The fourth-order valence-corrected chi connectivity index (χ4v) is 3.36. The predicted octanol–water partition coefficient (Wildman–Crippen LogP) is 2.40. The number of thioether (sulfide) groups is 1. The van der Waals surface area contributed by atoms with Crippen LogP contribution < -0.4 is 10.6 Å². The van der Waals surface area contributed by atoms with Crippen LogP contribution in [0.1, 0.15) is 10.4 Å². The number of halogens is 1. The Balaban J connectivity index is 1.48. The topological polar surface area (TPSA) is 109 Å². The average Bonchev–Trinajstić information content (AvgIpc) is 3.18. The Kier molecular flexibility index (Phi) is 7.55. The maximum absolute atomic E-state index is 12.9. The third-order valence-corrected chi connectivity index (χ3v) is 5.31. The Hall–Kier alpha value is -3.73. The summed E-state index contributed by atoms with van der Waals surface area (Å²) >= 11 is 1.26. The van der Waals surface area contributed by atoms with E-state index in [0.717, 1.165) is 0 Å². The van der Waals surface area contributed by atoms with Crippen molar-refractivity contribution in [1.29, 1.82) is 0 Å². The molecule has 0 atom stereocenters. The van der Waals surface area contributed by atoms with E-state index in [-0.39, 0.29) is 24.1 Å². The second kappa shape index (κ2) is 10.5. The van der Waals surface area contributed by atoms with Gasteiger partial charge >= 0.3 is 0 Å². The van der Waals surface area contributed by atoms with Crippen molar-refractivity contribution >= 4 is 40.9 Å². The minimum absolute atomic E-state index is 0.166. The van der Waals surface area contributed by atoms with Gasteiger partial charge in [0.1, 0.15) is 12.1 Å². The van der Waals surface area contributed by atoms with Crippen LogP contribution in [0.4, 0.5) is 15.8 Å². The average molecular weight is 457 g/mol. The number of anilines is 2. The highest BCUT2D eigenvalue weighted by molar-refractivity contribution is 7.99. The Morgan fingerprint density at radius 1 is 1.00 bits per heavy atom. The van der Waals surface area contributed by atoms with Crippen molar-refractivity contribution in [1.82, 2.24) is 19.7 Å². The highest BCUT2D eigenvalue weighted by Gasteiger charge is 2.15. The first-order valence-electron chi connectivity index (χ1n) is 9.49. The largest absolute Gasteiger partial charge is 0.332 e. The maximum atomic E-state index is 12.9. The zero-order chi connectivity index (χ0) is 23.1. The van der Waals surface area contributed by atoms with Gasteiger partial charge in [0.2, 0.25) is 11.8 Å². The van der Waals surface area contributed by atoms with Gasteiger partial charge in [-0.05, 0) is 48.5 Å². The fraction of sp³-hybridized carbons (Fsp3) is 0.190. The van der Waals surface area contributed by atoms with Crippen molar-refractivity contribution in [2.75, 3.05) is 30.0 Å². The summed E-state index contributed by atoms with van der Waals surface area (Å²) in [4.78, 5) is 38.1. The minimum atomic E-state index is -0.406. The van der Waals surface area contributed by atoms with Crippen LogP contribution in [0, 0.1) is 5.82 Å². The Morgan fingerprint density at radius 2 is 1.59 bits per heavy atom. The summed E-state index contributed by atoms with van der Waals surface area (Å²) in [6, 6.07) is 11.7. The van der Waals surface area contributed by atoms with Crippen LogP contribution >= 0.6 is 11.8 Å². The standard InChI is InChI=1S/C21H21FN6O3S/c1-27(11-18(29)24-17-9-5-15(22)6-10-17)20(31)14-3-7-16(8-4-14)25-19(30)12-32-21-26-23-13-28(21)2/h3-10,13H,11-12H2,1-2H3,(H,24,29)(H,25,30). The van der Waals surface area contributed by atoms with E-state index in [0.29, 0.717) is 22.1 Å². The molecule has 2 N–H and O–H groups in total. The molecule has 9 nitrogen and oxygen atoms in total. The molecule has 0 fully saturated rings. The van der Waals surface area contributed by atoms with Gasteiger partial charge in [0.25, 0.3) is 5.91 Å². The summed E-state index contributed by atoms with van der Waals surface area (Å²) in [5.41, 5.74) is 1.35. The second-order valence-electron chi connectivity index (χ2n) is 6.85. The summed E-state index contributed by atoms with van der Waals surface area (Å²) in [5, 5.41) is 13.6. The summed E-state index contributed by atoms with van der Waals surface area (Å²) < 4.78 is 14.7. The van der Waals surface area contributed by atoms with Gasteiger partial charge in [-0.2, -0.15) is 0 Å². The molecule has 1 heterocycles. The molecule has 0 aliphatic carbocycles. The Labute approximate surface area is 188 Å². The summed E-state index contributed by atoms with van der Waals surface area (Å²) in [7, 11) is 3.30. The van der Waals surface area contributed by atoms with Crippen molar-refractivity contribution in [2.45, 2.75) is 5.16 Å². The third-order valence-electron chi connectivity index (χ3n) is 4.27. The molecule has 0 saturated heterocycles. The van der Waals surface area contributed by atoms with Crippen LogP contribution in [0.3, 0.4) is 0 Å². The quantitative estimate of drug-likeness (QED) is 0.504. The number of benzene rings is 2. The molecule has 32 heavy (non-hydrogen) atoms. The number of carbonyl (C=O) groups excluding carboxylic acids is 3. The van der Waals surface area contributed by atoms with E-state index in [1.54, 1.807) is 42.2 Å². The van der Waals surface area contributed by atoms with Crippen molar-refractivity contribution in [3.05, 3.63) is 66.2 Å². The van der Waals surface area contributed by atoms with Gasteiger partial charge in [0.15, 0.2) is 5.16 Å². The van der Waals surface area contributed by atoms with E-state index < -0.39 is 11.7 Å². The lowest BCUT2D eigenvalue weighted by Gasteiger charge is -2.17. The van der Waals surface area contributed by atoms with Gasteiger partial charge in [-0.3, -0.25) is 14.4 Å². The van der Waals surface area contributed by atoms with E-state index in [9.17, 15) is 18.8 Å². The molecule has 11 heteroatoms. The zero-order valence-corrected chi connectivity index (χ0v) is 18.2. The Morgan fingerprint density at radius 3 is 2.19 bits per heavy atom. The number of carbonyl (C=O) groups is 3. The van der Waals surface area contributed by atoms with Gasteiger partial charge in [0, 0.05) is 31.0 Å². The molecule has 0 spiro atoms. The molecule has 0 radical (unpaired) electrons. The summed E-state index contributed by atoms with van der Waals surface area (Å²) in [6.45, 7) is -0.173. The molecule has 3 amide bonds.